The van der Waals surface area contributed by atoms with Gasteiger partial charge < -0.3 is 9.67 Å². The summed E-state index contributed by atoms with van der Waals surface area (Å²) in [6, 6.07) is 13.6. The van der Waals surface area contributed by atoms with Crippen molar-refractivity contribution < 1.29 is 5.11 Å². The lowest BCUT2D eigenvalue weighted by Crippen LogP contribution is -1.94. The summed E-state index contributed by atoms with van der Waals surface area (Å²) in [6.07, 6.45) is 4.06. The van der Waals surface area contributed by atoms with Crippen molar-refractivity contribution in [3.63, 3.8) is 0 Å². The van der Waals surface area contributed by atoms with E-state index in [1.807, 2.05) is 42.5 Å². The number of hydrogen-bond acceptors (Lipinski definition) is 3. The maximum atomic E-state index is 10.3. The number of aromatic hydroxyl groups is 1. The maximum absolute atomic E-state index is 10.3. The predicted octanol–water partition coefficient (Wildman–Crippen LogP) is 4.24. The fraction of sp³-hybridized carbons (Fsp3) is 0.158. The van der Waals surface area contributed by atoms with Crippen LogP contribution in [0.4, 0.5) is 5.95 Å². The number of imidazole rings is 1. The monoisotopic (exact) mass is 305 g/mol. The Labute approximate surface area is 135 Å². The molecule has 0 fully saturated rings. The first kappa shape index (κ1) is 15.0. The number of phenols is 1. The number of para-hydroxylation sites is 3. The van der Waals surface area contributed by atoms with Gasteiger partial charge in [-0.15, -0.1) is 6.58 Å². The quantitative estimate of drug-likeness (QED) is 0.566. The van der Waals surface area contributed by atoms with Crippen LogP contribution in [0.25, 0.3) is 11.0 Å². The van der Waals surface area contributed by atoms with Gasteiger partial charge in [-0.2, -0.15) is 0 Å². The van der Waals surface area contributed by atoms with Crippen molar-refractivity contribution >= 4 is 23.2 Å². The predicted molar refractivity (Wildman–Crippen MR) is 94.7 cm³/mol. The molecule has 0 radical (unpaired) electrons. The van der Waals surface area contributed by atoms with Crippen LogP contribution in [-0.4, -0.2) is 20.9 Å². The molecule has 0 aliphatic heterocycles. The van der Waals surface area contributed by atoms with Crippen molar-refractivity contribution in [3.8, 4) is 5.75 Å². The van der Waals surface area contributed by atoms with Crippen molar-refractivity contribution in [1.29, 1.82) is 0 Å². The minimum absolute atomic E-state index is 0.246. The van der Waals surface area contributed by atoms with E-state index in [2.05, 4.69) is 28.0 Å². The largest absolute Gasteiger partial charge is 0.507 e. The number of phenolic OH excluding ortho intramolecular Hbond substituents is 1. The Kier molecular flexibility index (Phi) is 4.24. The molecule has 1 N–H and O–H groups in total. The maximum Gasteiger partial charge on any atom is 0.230 e. The molecule has 0 spiro atoms. The number of nitrogens with zero attached hydrogens (tertiary/aromatic N) is 3. The lowest BCUT2D eigenvalue weighted by atomic mass is 10.1. The molecule has 0 bridgehead atoms. The topological polar surface area (TPSA) is 50.4 Å². The summed E-state index contributed by atoms with van der Waals surface area (Å²) >= 11 is 0. The van der Waals surface area contributed by atoms with Crippen LogP contribution in [0.3, 0.4) is 0 Å². The summed E-state index contributed by atoms with van der Waals surface area (Å²) < 4.78 is 2.05. The fourth-order valence-electron chi connectivity index (χ4n) is 2.64. The van der Waals surface area contributed by atoms with Crippen LogP contribution in [0.1, 0.15) is 18.1 Å². The van der Waals surface area contributed by atoms with Crippen LogP contribution in [0.5, 0.6) is 5.75 Å². The lowest BCUT2D eigenvalue weighted by molar-refractivity contribution is 0.469. The SMILES string of the molecule is C=CCc1cccc(/C=N/c2nc3ccccc3n2CC)c1O. The van der Waals surface area contributed by atoms with E-state index in [-0.39, 0.29) is 5.75 Å². The molecule has 0 amide bonds. The van der Waals surface area contributed by atoms with Gasteiger partial charge in [0.2, 0.25) is 5.95 Å². The third-order valence-corrected chi connectivity index (χ3v) is 3.78. The number of hydrogen-bond donors (Lipinski definition) is 1. The second kappa shape index (κ2) is 6.48. The number of rotatable bonds is 5. The first-order chi connectivity index (χ1) is 11.2. The summed E-state index contributed by atoms with van der Waals surface area (Å²) in [5.74, 6) is 0.887. The minimum atomic E-state index is 0.246. The summed E-state index contributed by atoms with van der Waals surface area (Å²) in [6.45, 7) is 6.56. The van der Waals surface area contributed by atoms with E-state index in [1.165, 1.54) is 0 Å². The third kappa shape index (κ3) is 2.88. The number of allylic oxidation sites excluding steroid dienone is 1. The zero-order chi connectivity index (χ0) is 16.2. The molecule has 1 aromatic heterocycles. The van der Waals surface area contributed by atoms with E-state index in [0.29, 0.717) is 17.9 Å². The molecule has 3 rings (SSSR count). The van der Waals surface area contributed by atoms with Gasteiger partial charge in [0.25, 0.3) is 0 Å². The van der Waals surface area contributed by atoms with Gasteiger partial charge in [0.05, 0.1) is 11.0 Å². The van der Waals surface area contributed by atoms with Gasteiger partial charge in [0, 0.05) is 18.3 Å². The second-order valence-electron chi connectivity index (χ2n) is 5.25. The zero-order valence-corrected chi connectivity index (χ0v) is 13.1. The highest BCUT2D eigenvalue weighted by Crippen LogP contribution is 2.24. The Hall–Kier alpha value is -2.88. The van der Waals surface area contributed by atoms with E-state index in [4.69, 9.17) is 0 Å². The fourth-order valence-corrected chi connectivity index (χ4v) is 2.64. The summed E-state index contributed by atoms with van der Waals surface area (Å²) in [4.78, 5) is 9.04. The zero-order valence-electron chi connectivity index (χ0n) is 13.1. The van der Waals surface area contributed by atoms with E-state index >= 15 is 0 Å². The summed E-state index contributed by atoms with van der Waals surface area (Å²) in [7, 11) is 0. The molecule has 116 valence electrons. The highest BCUT2D eigenvalue weighted by molar-refractivity contribution is 5.86. The minimum Gasteiger partial charge on any atom is -0.507 e. The van der Waals surface area contributed by atoms with E-state index in [9.17, 15) is 5.11 Å². The molecule has 23 heavy (non-hydrogen) atoms. The molecule has 1 heterocycles. The Morgan fingerprint density at radius 1 is 1.22 bits per heavy atom. The molecular weight excluding hydrogens is 286 g/mol. The third-order valence-electron chi connectivity index (χ3n) is 3.78. The standard InChI is InChI=1S/C19H19N3O/c1-3-8-14-9-7-10-15(18(14)23)13-20-19-21-16-11-5-6-12-17(16)22(19)4-2/h3,5-7,9-13,23H,1,4,8H2,2H3/b20-13+. The molecule has 0 atom stereocenters. The van der Waals surface area contributed by atoms with Gasteiger partial charge >= 0.3 is 0 Å². The van der Waals surface area contributed by atoms with Crippen LogP contribution in [0.2, 0.25) is 0 Å². The van der Waals surface area contributed by atoms with Crippen molar-refractivity contribution in [2.75, 3.05) is 0 Å². The molecule has 2 aromatic carbocycles. The average Bonchev–Trinajstić information content (AvgIpc) is 2.93. The summed E-state index contributed by atoms with van der Waals surface area (Å²) in [5.41, 5.74) is 3.50. The Balaban J connectivity index is 2.00. The van der Waals surface area contributed by atoms with Crippen LogP contribution in [0, 0.1) is 0 Å². The van der Waals surface area contributed by atoms with E-state index in [0.717, 1.165) is 23.1 Å². The van der Waals surface area contributed by atoms with Crippen molar-refractivity contribution in [2.24, 2.45) is 4.99 Å². The van der Waals surface area contributed by atoms with Gasteiger partial charge in [-0.05, 0) is 37.1 Å². The first-order valence-electron chi connectivity index (χ1n) is 7.65. The highest BCUT2D eigenvalue weighted by Gasteiger charge is 2.08. The van der Waals surface area contributed by atoms with Crippen LogP contribution >= 0.6 is 0 Å². The number of aliphatic imine (C=N–C) groups is 1. The van der Waals surface area contributed by atoms with Gasteiger partial charge in [-0.1, -0.05) is 30.3 Å². The number of benzene rings is 2. The summed E-state index contributed by atoms with van der Waals surface area (Å²) in [5, 5.41) is 10.3. The molecule has 4 heteroatoms. The van der Waals surface area contributed by atoms with Gasteiger partial charge in [-0.3, -0.25) is 0 Å². The van der Waals surface area contributed by atoms with Crippen LogP contribution in [-0.2, 0) is 13.0 Å². The molecule has 0 aliphatic rings. The Morgan fingerprint density at radius 3 is 2.83 bits per heavy atom. The second-order valence-corrected chi connectivity index (χ2v) is 5.25. The van der Waals surface area contributed by atoms with Gasteiger partial charge in [0.1, 0.15) is 5.75 Å². The highest BCUT2D eigenvalue weighted by atomic mass is 16.3. The van der Waals surface area contributed by atoms with E-state index in [1.54, 1.807) is 12.3 Å². The van der Waals surface area contributed by atoms with Crippen molar-refractivity contribution in [1.82, 2.24) is 9.55 Å². The number of fused-ring (bicyclic) bond motifs is 1. The molecule has 3 aromatic rings. The molecule has 4 nitrogen and oxygen atoms in total. The Morgan fingerprint density at radius 2 is 2.04 bits per heavy atom. The van der Waals surface area contributed by atoms with E-state index < -0.39 is 0 Å². The van der Waals surface area contributed by atoms with Crippen molar-refractivity contribution in [3.05, 3.63) is 66.2 Å². The molecule has 0 aliphatic carbocycles. The normalized spacial score (nSPS) is 11.3. The van der Waals surface area contributed by atoms with Gasteiger partial charge in [0.15, 0.2) is 0 Å². The van der Waals surface area contributed by atoms with Crippen LogP contribution < -0.4 is 0 Å². The Bertz CT molecular complexity index is 877. The first-order valence-corrected chi connectivity index (χ1v) is 7.65. The van der Waals surface area contributed by atoms with Crippen LogP contribution in [0.15, 0.2) is 60.1 Å². The molecule has 0 saturated carbocycles. The van der Waals surface area contributed by atoms with Gasteiger partial charge in [-0.25, -0.2) is 9.98 Å². The lowest BCUT2D eigenvalue weighted by Gasteiger charge is -2.05. The number of aromatic nitrogens is 2. The smallest absolute Gasteiger partial charge is 0.230 e. The molecule has 0 unspecified atom stereocenters. The average molecular weight is 305 g/mol. The van der Waals surface area contributed by atoms with Crippen molar-refractivity contribution in [2.45, 2.75) is 19.9 Å². The molecular formula is C19H19N3O. The molecule has 0 saturated heterocycles. The number of aryl methyl sites for hydroxylation is 1.